The van der Waals surface area contributed by atoms with Crippen LogP contribution in [0.2, 0.25) is 0 Å². The summed E-state index contributed by atoms with van der Waals surface area (Å²) in [6.45, 7) is 2.91. The summed E-state index contributed by atoms with van der Waals surface area (Å²) in [5.41, 5.74) is 8.28. The Hall–Kier alpha value is -1.34. The van der Waals surface area contributed by atoms with Crippen LogP contribution in [0.3, 0.4) is 0 Å². The molecule has 0 unspecified atom stereocenters. The number of nitrogens with two attached hydrogens (primary N) is 1. The maximum absolute atomic E-state index is 5.55. The molecule has 1 heteroatoms. The molecule has 15 heavy (non-hydrogen) atoms. The third-order valence-corrected chi connectivity index (χ3v) is 2.81. The first-order valence-electron chi connectivity index (χ1n) is 5.55. The lowest BCUT2D eigenvalue weighted by Crippen LogP contribution is -2.02. The van der Waals surface area contributed by atoms with Crippen molar-refractivity contribution in [1.82, 2.24) is 0 Å². The fourth-order valence-electron chi connectivity index (χ4n) is 1.89. The molecule has 2 aromatic carbocycles. The standard InChI is InChI=1S/C14H17N/c1-2-11-3-5-14-10-12(7-8-15)4-6-13(14)9-11/h3-6,9-10H,2,7-8,15H2,1H3. The van der Waals surface area contributed by atoms with Crippen molar-refractivity contribution in [3.63, 3.8) is 0 Å². The topological polar surface area (TPSA) is 26.0 Å². The van der Waals surface area contributed by atoms with E-state index in [1.165, 1.54) is 21.9 Å². The summed E-state index contributed by atoms with van der Waals surface area (Å²) in [6, 6.07) is 13.3. The Morgan fingerprint density at radius 2 is 1.53 bits per heavy atom. The van der Waals surface area contributed by atoms with E-state index in [9.17, 15) is 0 Å². The Morgan fingerprint density at radius 1 is 0.933 bits per heavy atom. The Balaban J connectivity index is 2.45. The van der Waals surface area contributed by atoms with Gasteiger partial charge in [0.05, 0.1) is 0 Å². The zero-order valence-corrected chi connectivity index (χ0v) is 9.16. The van der Waals surface area contributed by atoms with E-state index in [1.54, 1.807) is 0 Å². The number of fused-ring (bicyclic) bond motifs is 1. The van der Waals surface area contributed by atoms with Crippen molar-refractivity contribution < 1.29 is 0 Å². The Morgan fingerprint density at radius 3 is 2.13 bits per heavy atom. The quantitative estimate of drug-likeness (QED) is 0.808. The minimum Gasteiger partial charge on any atom is -0.330 e. The van der Waals surface area contributed by atoms with Crippen LogP contribution in [0, 0.1) is 0 Å². The molecule has 1 nitrogen and oxygen atoms in total. The molecule has 0 amide bonds. The van der Waals surface area contributed by atoms with E-state index < -0.39 is 0 Å². The largest absolute Gasteiger partial charge is 0.330 e. The highest BCUT2D eigenvalue weighted by Gasteiger charge is 1.97. The molecule has 0 aliphatic carbocycles. The van der Waals surface area contributed by atoms with Crippen molar-refractivity contribution in [3.05, 3.63) is 47.5 Å². The fourth-order valence-corrected chi connectivity index (χ4v) is 1.89. The van der Waals surface area contributed by atoms with Gasteiger partial charge in [-0.05, 0) is 41.3 Å². The van der Waals surface area contributed by atoms with E-state index in [4.69, 9.17) is 5.73 Å². The van der Waals surface area contributed by atoms with Gasteiger partial charge in [0, 0.05) is 0 Å². The third kappa shape index (κ3) is 2.18. The average molecular weight is 199 g/mol. The van der Waals surface area contributed by atoms with E-state index in [1.807, 2.05) is 0 Å². The minimum absolute atomic E-state index is 0.721. The normalized spacial score (nSPS) is 10.8. The first-order chi connectivity index (χ1) is 7.33. The van der Waals surface area contributed by atoms with Crippen molar-refractivity contribution in [1.29, 1.82) is 0 Å². The van der Waals surface area contributed by atoms with Gasteiger partial charge in [-0.25, -0.2) is 0 Å². The van der Waals surface area contributed by atoms with Crippen molar-refractivity contribution >= 4 is 10.8 Å². The molecule has 0 aliphatic heterocycles. The van der Waals surface area contributed by atoms with Crippen molar-refractivity contribution in [3.8, 4) is 0 Å². The first-order valence-corrected chi connectivity index (χ1v) is 5.55. The number of aryl methyl sites for hydroxylation is 1. The van der Waals surface area contributed by atoms with Gasteiger partial charge < -0.3 is 5.73 Å². The smallest absolute Gasteiger partial charge is 0.00367 e. The molecule has 0 aliphatic rings. The molecular formula is C14H17N. The van der Waals surface area contributed by atoms with Crippen molar-refractivity contribution in [2.45, 2.75) is 19.8 Å². The van der Waals surface area contributed by atoms with Gasteiger partial charge >= 0.3 is 0 Å². The summed E-state index contributed by atoms with van der Waals surface area (Å²) in [7, 11) is 0. The van der Waals surface area contributed by atoms with Gasteiger partial charge in [-0.1, -0.05) is 43.3 Å². The summed E-state index contributed by atoms with van der Waals surface area (Å²) in [4.78, 5) is 0. The molecular weight excluding hydrogens is 182 g/mol. The molecule has 78 valence electrons. The predicted octanol–water partition coefficient (Wildman–Crippen LogP) is 2.90. The maximum Gasteiger partial charge on any atom is -0.00367 e. The fraction of sp³-hybridized carbons (Fsp3) is 0.286. The van der Waals surface area contributed by atoms with E-state index in [0.29, 0.717) is 0 Å². The summed E-state index contributed by atoms with van der Waals surface area (Å²) < 4.78 is 0. The number of hydrogen-bond donors (Lipinski definition) is 1. The molecule has 2 N–H and O–H groups in total. The highest BCUT2D eigenvalue weighted by atomic mass is 14.5. The number of benzene rings is 2. The lowest BCUT2D eigenvalue weighted by atomic mass is 10.0. The summed E-state index contributed by atoms with van der Waals surface area (Å²) >= 11 is 0. The predicted molar refractivity (Wildman–Crippen MR) is 66.1 cm³/mol. The van der Waals surface area contributed by atoms with Crippen molar-refractivity contribution in [2.75, 3.05) is 6.54 Å². The van der Waals surface area contributed by atoms with Crippen LogP contribution in [0.5, 0.6) is 0 Å². The maximum atomic E-state index is 5.55. The molecule has 0 atom stereocenters. The molecule has 0 aromatic heterocycles. The second kappa shape index (κ2) is 4.45. The molecule has 0 heterocycles. The van der Waals surface area contributed by atoms with Crippen LogP contribution in [0.1, 0.15) is 18.1 Å². The SMILES string of the molecule is CCc1ccc2cc(CCN)ccc2c1. The van der Waals surface area contributed by atoms with Gasteiger partial charge in [-0.15, -0.1) is 0 Å². The highest BCUT2D eigenvalue weighted by Crippen LogP contribution is 2.18. The van der Waals surface area contributed by atoms with Crippen LogP contribution in [0.25, 0.3) is 10.8 Å². The van der Waals surface area contributed by atoms with Crippen LogP contribution < -0.4 is 5.73 Å². The molecule has 0 fully saturated rings. The van der Waals surface area contributed by atoms with Crippen LogP contribution in [-0.2, 0) is 12.8 Å². The van der Waals surface area contributed by atoms with Gasteiger partial charge in [0.2, 0.25) is 0 Å². The molecule has 2 aromatic rings. The zero-order chi connectivity index (χ0) is 10.7. The van der Waals surface area contributed by atoms with Gasteiger partial charge in [-0.2, -0.15) is 0 Å². The number of rotatable bonds is 3. The third-order valence-electron chi connectivity index (χ3n) is 2.81. The lowest BCUT2D eigenvalue weighted by Gasteiger charge is -2.04. The van der Waals surface area contributed by atoms with Gasteiger partial charge in [0.15, 0.2) is 0 Å². The van der Waals surface area contributed by atoms with E-state index in [2.05, 4.69) is 43.3 Å². The minimum atomic E-state index is 0.721. The molecule has 0 bridgehead atoms. The number of hydrogen-bond acceptors (Lipinski definition) is 1. The summed E-state index contributed by atoms with van der Waals surface area (Å²) in [5.74, 6) is 0. The summed E-state index contributed by atoms with van der Waals surface area (Å²) in [6.07, 6.45) is 2.06. The second-order valence-corrected chi connectivity index (χ2v) is 3.91. The average Bonchev–Trinajstić information content (AvgIpc) is 2.29. The molecule has 0 spiro atoms. The monoisotopic (exact) mass is 199 g/mol. The zero-order valence-electron chi connectivity index (χ0n) is 9.16. The summed E-state index contributed by atoms with van der Waals surface area (Å²) in [5, 5.41) is 2.65. The Bertz CT molecular complexity index is 460. The highest BCUT2D eigenvalue weighted by molar-refractivity contribution is 5.83. The Labute approximate surface area is 90.9 Å². The van der Waals surface area contributed by atoms with E-state index in [0.717, 1.165) is 19.4 Å². The van der Waals surface area contributed by atoms with Crippen molar-refractivity contribution in [2.24, 2.45) is 5.73 Å². The van der Waals surface area contributed by atoms with Crippen LogP contribution in [0.15, 0.2) is 36.4 Å². The molecule has 0 radical (unpaired) electrons. The van der Waals surface area contributed by atoms with Gasteiger partial charge in [0.25, 0.3) is 0 Å². The van der Waals surface area contributed by atoms with E-state index in [-0.39, 0.29) is 0 Å². The lowest BCUT2D eigenvalue weighted by molar-refractivity contribution is 0.971. The van der Waals surface area contributed by atoms with Crippen LogP contribution >= 0.6 is 0 Å². The van der Waals surface area contributed by atoms with Crippen LogP contribution in [-0.4, -0.2) is 6.54 Å². The first kappa shape index (κ1) is 10.2. The molecule has 0 saturated heterocycles. The van der Waals surface area contributed by atoms with E-state index >= 15 is 0 Å². The second-order valence-electron chi connectivity index (χ2n) is 3.91. The Kier molecular flexibility index (Phi) is 3.02. The van der Waals surface area contributed by atoms with Crippen LogP contribution in [0.4, 0.5) is 0 Å². The van der Waals surface area contributed by atoms with Gasteiger partial charge in [0.1, 0.15) is 0 Å². The molecule has 2 rings (SSSR count). The van der Waals surface area contributed by atoms with Gasteiger partial charge in [-0.3, -0.25) is 0 Å². The molecule has 0 saturated carbocycles.